The van der Waals surface area contributed by atoms with Crippen molar-refractivity contribution in [2.45, 2.75) is 26.4 Å². The first-order valence-corrected chi connectivity index (χ1v) is 6.12. The summed E-state index contributed by atoms with van der Waals surface area (Å²) in [7, 11) is 0. The summed E-state index contributed by atoms with van der Waals surface area (Å²) in [6.45, 7) is 5.16. The number of hydrogen-bond acceptors (Lipinski definition) is 2. The Hall–Kier alpha value is -1.35. The first-order chi connectivity index (χ1) is 8.09. The molecular weight excluding hydrogens is 214 g/mol. The lowest BCUT2D eigenvalue weighted by Gasteiger charge is -2.34. The van der Waals surface area contributed by atoms with Gasteiger partial charge >= 0.3 is 0 Å². The molecule has 0 saturated carbocycles. The van der Waals surface area contributed by atoms with E-state index in [1.807, 2.05) is 38.1 Å². The highest BCUT2D eigenvalue weighted by molar-refractivity contribution is 5.95. The molecule has 0 aromatic heterocycles. The van der Waals surface area contributed by atoms with Crippen LogP contribution in [0, 0.1) is 12.8 Å². The molecule has 1 aliphatic rings. The van der Waals surface area contributed by atoms with E-state index in [4.69, 9.17) is 0 Å². The van der Waals surface area contributed by atoms with Crippen molar-refractivity contribution in [3.63, 3.8) is 0 Å². The van der Waals surface area contributed by atoms with Gasteiger partial charge in [0.05, 0.1) is 6.10 Å². The number of hydrogen-bond donors (Lipinski definition) is 1. The second kappa shape index (κ2) is 4.88. The van der Waals surface area contributed by atoms with Gasteiger partial charge in [-0.15, -0.1) is 0 Å². The lowest BCUT2D eigenvalue weighted by Crippen LogP contribution is -2.45. The Balaban J connectivity index is 2.14. The van der Waals surface area contributed by atoms with Crippen LogP contribution in [0.5, 0.6) is 0 Å². The maximum absolute atomic E-state index is 12.3. The van der Waals surface area contributed by atoms with Gasteiger partial charge in [-0.1, -0.05) is 25.1 Å². The lowest BCUT2D eigenvalue weighted by atomic mass is 9.95. The van der Waals surface area contributed by atoms with Crippen LogP contribution in [0.25, 0.3) is 0 Å². The molecule has 3 nitrogen and oxygen atoms in total. The highest BCUT2D eigenvalue weighted by Gasteiger charge is 2.28. The topological polar surface area (TPSA) is 40.5 Å². The number of amides is 1. The summed E-state index contributed by atoms with van der Waals surface area (Å²) in [5.74, 6) is 0.324. The minimum Gasteiger partial charge on any atom is -0.391 e. The summed E-state index contributed by atoms with van der Waals surface area (Å²) in [5, 5.41) is 9.82. The Morgan fingerprint density at radius 2 is 2.12 bits per heavy atom. The van der Waals surface area contributed by atoms with E-state index < -0.39 is 6.10 Å². The predicted octanol–water partition coefficient (Wildman–Crippen LogP) is 1.84. The van der Waals surface area contributed by atoms with Crippen LogP contribution in [0.15, 0.2) is 24.3 Å². The molecule has 1 saturated heterocycles. The van der Waals surface area contributed by atoms with E-state index in [0.29, 0.717) is 6.54 Å². The smallest absolute Gasteiger partial charge is 0.254 e. The van der Waals surface area contributed by atoms with E-state index >= 15 is 0 Å². The number of piperidine rings is 1. The lowest BCUT2D eigenvalue weighted by molar-refractivity contribution is 0.0248. The monoisotopic (exact) mass is 233 g/mol. The number of benzene rings is 1. The SMILES string of the molecule is Cc1ccccc1C(=O)N1CCC(C)C(O)C1. The molecule has 3 heteroatoms. The zero-order chi connectivity index (χ0) is 12.4. The van der Waals surface area contributed by atoms with E-state index in [0.717, 1.165) is 24.1 Å². The molecule has 1 aliphatic heterocycles. The van der Waals surface area contributed by atoms with Crippen LogP contribution < -0.4 is 0 Å². The molecule has 92 valence electrons. The normalized spacial score (nSPS) is 24.8. The summed E-state index contributed by atoms with van der Waals surface area (Å²) in [6, 6.07) is 7.60. The van der Waals surface area contributed by atoms with Crippen LogP contribution in [0.4, 0.5) is 0 Å². The number of likely N-dealkylation sites (tertiary alicyclic amines) is 1. The third kappa shape index (κ3) is 2.50. The van der Waals surface area contributed by atoms with E-state index in [-0.39, 0.29) is 11.8 Å². The van der Waals surface area contributed by atoms with Gasteiger partial charge < -0.3 is 10.0 Å². The summed E-state index contributed by atoms with van der Waals surface area (Å²) in [5.41, 5.74) is 1.74. The van der Waals surface area contributed by atoms with Gasteiger partial charge in [-0.3, -0.25) is 4.79 Å². The molecule has 0 bridgehead atoms. The van der Waals surface area contributed by atoms with E-state index in [9.17, 15) is 9.90 Å². The molecule has 1 aromatic rings. The number of β-amino-alcohol motifs (C(OH)–C–C–N with tert-alkyl or cyclic N) is 1. The van der Waals surface area contributed by atoms with Gasteiger partial charge in [0, 0.05) is 18.7 Å². The summed E-state index contributed by atoms with van der Waals surface area (Å²) < 4.78 is 0. The number of aliphatic hydroxyl groups is 1. The van der Waals surface area contributed by atoms with Crippen molar-refractivity contribution in [3.05, 3.63) is 35.4 Å². The highest BCUT2D eigenvalue weighted by Crippen LogP contribution is 2.20. The second-order valence-corrected chi connectivity index (χ2v) is 4.90. The first kappa shape index (κ1) is 12.1. The maximum atomic E-state index is 12.3. The third-order valence-electron chi connectivity index (χ3n) is 3.58. The first-order valence-electron chi connectivity index (χ1n) is 6.12. The zero-order valence-corrected chi connectivity index (χ0v) is 10.4. The molecule has 2 unspecified atom stereocenters. The minimum absolute atomic E-state index is 0.0362. The molecule has 1 aromatic carbocycles. The van der Waals surface area contributed by atoms with Crippen LogP contribution in [-0.2, 0) is 0 Å². The Bertz CT molecular complexity index is 416. The van der Waals surface area contributed by atoms with Crippen LogP contribution in [-0.4, -0.2) is 35.1 Å². The molecule has 1 N–H and O–H groups in total. The van der Waals surface area contributed by atoms with Gasteiger partial charge in [0.2, 0.25) is 0 Å². The number of aliphatic hydroxyl groups excluding tert-OH is 1. The van der Waals surface area contributed by atoms with Crippen molar-refractivity contribution in [2.75, 3.05) is 13.1 Å². The minimum atomic E-state index is -0.392. The van der Waals surface area contributed by atoms with Crippen molar-refractivity contribution >= 4 is 5.91 Å². The molecule has 1 heterocycles. The largest absolute Gasteiger partial charge is 0.391 e. The number of carbonyl (C=O) groups excluding carboxylic acids is 1. The fourth-order valence-corrected chi connectivity index (χ4v) is 2.22. The Morgan fingerprint density at radius 1 is 1.41 bits per heavy atom. The van der Waals surface area contributed by atoms with Crippen LogP contribution in [0.3, 0.4) is 0 Å². The Labute approximate surface area is 102 Å². The van der Waals surface area contributed by atoms with Gasteiger partial charge in [0.15, 0.2) is 0 Å². The third-order valence-corrected chi connectivity index (χ3v) is 3.58. The average molecular weight is 233 g/mol. The molecule has 1 amide bonds. The van der Waals surface area contributed by atoms with Gasteiger partial charge in [0.25, 0.3) is 5.91 Å². The van der Waals surface area contributed by atoms with Crippen molar-refractivity contribution in [3.8, 4) is 0 Å². The molecule has 0 spiro atoms. The predicted molar refractivity (Wildman–Crippen MR) is 66.9 cm³/mol. The zero-order valence-electron chi connectivity index (χ0n) is 10.4. The van der Waals surface area contributed by atoms with Gasteiger partial charge in [0.1, 0.15) is 0 Å². The summed E-state index contributed by atoms with van der Waals surface area (Å²) in [4.78, 5) is 14.0. The van der Waals surface area contributed by atoms with Crippen LogP contribution in [0.1, 0.15) is 29.3 Å². The van der Waals surface area contributed by atoms with Crippen LogP contribution in [0.2, 0.25) is 0 Å². The van der Waals surface area contributed by atoms with Gasteiger partial charge in [-0.05, 0) is 30.9 Å². The molecule has 0 aliphatic carbocycles. The fourth-order valence-electron chi connectivity index (χ4n) is 2.22. The van der Waals surface area contributed by atoms with Gasteiger partial charge in [-0.2, -0.15) is 0 Å². The molecule has 0 radical (unpaired) electrons. The Kier molecular flexibility index (Phi) is 3.48. The van der Waals surface area contributed by atoms with Gasteiger partial charge in [-0.25, -0.2) is 0 Å². The molecule has 2 atom stereocenters. The fraction of sp³-hybridized carbons (Fsp3) is 0.500. The van der Waals surface area contributed by atoms with E-state index in [1.54, 1.807) is 4.90 Å². The number of rotatable bonds is 1. The summed E-state index contributed by atoms with van der Waals surface area (Å²) in [6.07, 6.45) is 0.482. The maximum Gasteiger partial charge on any atom is 0.254 e. The van der Waals surface area contributed by atoms with E-state index in [2.05, 4.69) is 0 Å². The number of nitrogens with zero attached hydrogens (tertiary/aromatic N) is 1. The molecule has 17 heavy (non-hydrogen) atoms. The second-order valence-electron chi connectivity index (χ2n) is 4.90. The van der Waals surface area contributed by atoms with Crippen molar-refractivity contribution < 1.29 is 9.90 Å². The summed E-state index contributed by atoms with van der Waals surface area (Å²) >= 11 is 0. The van der Waals surface area contributed by atoms with Crippen molar-refractivity contribution in [1.29, 1.82) is 0 Å². The van der Waals surface area contributed by atoms with E-state index in [1.165, 1.54) is 0 Å². The standard InChI is InChI=1S/C14H19NO2/c1-10-5-3-4-6-12(10)14(17)15-8-7-11(2)13(16)9-15/h3-6,11,13,16H,7-9H2,1-2H3. The van der Waals surface area contributed by atoms with Crippen molar-refractivity contribution in [2.24, 2.45) is 5.92 Å². The average Bonchev–Trinajstić information content (AvgIpc) is 2.32. The molecular formula is C14H19NO2. The highest BCUT2D eigenvalue weighted by atomic mass is 16.3. The molecule has 1 fully saturated rings. The van der Waals surface area contributed by atoms with Crippen molar-refractivity contribution in [1.82, 2.24) is 4.90 Å². The quantitative estimate of drug-likeness (QED) is 0.804. The van der Waals surface area contributed by atoms with Crippen LogP contribution >= 0.6 is 0 Å². The number of carbonyl (C=O) groups is 1. The number of aryl methyl sites for hydroxylation is 1. The Morgan fingerprint density at radius 3 is 2.76 bits per heavy atom. The molecule has 2 rings (SSSR count).